The number of carbonyl (C=O) groups excluding carboxylic acids is 1. The fourth-order valence-corrected chi connectivity index (χ4v) is 4.76. The summed E-state index contributed by atoms with van der Waals surface area (Å²) in [6, 6.07) is 18.6. The van der Waals surface area contributed by atoms with Crippen molar-refractivity contribution in [3.05, 3.63) is 81.5 Å². The average molecular weight is 393 g/mol. The predicted octanol–water partition coefficient (Wildman–Crippen LogP) is 4.65. The molecule has 5 heteroatoms. The topological polar surface area (TPSA) is 41.6 Å². The van der Waals surface area contributed by atoms with Crippen molar-refractivity contribution in [3.8, 4) is 5.75 Å². The minimum atomic E-state index is -0.0245. The molecule has 1 aliphatic heterocycles. The van der Waals surface area contributed by atoms with Gasteiger partial charge in [-0.3, -0.25) is 9.69 Å². The molecule has 144 valence electrons. The molecule has 0 aliphatic carbocycles. The van der Waals surface area contributed by atoms with Crippen molar-refractivity contribution < 1.29 is 9.53 Å². The van der Waals surface area contributed by atoms with E-state index < -0.39 is 0 Å². The molecule has 2 heterocycles. The smallest absolute Gasteiger partial charge is 0.238 e. The van der Waals surface area contributed by atoms with E-state index in [1.54, 1.807) is 7.11 Å². The lowest BCUT2D eigenvalue weighted by molar-refractivity contribution is -0.117. The first-order valence-electron chi connectivity index (χ1n) is 9.45. The number of nitrogens with zero attached hydrogens (tertiary/aromatic N) is 1. The number of benzene rings is 2. The number of anilines is 1. The molecule has 3 aromatic rings. The zero-order valence-electron chi connectivity index (χ0n) is 16.1. The molecule has 1 aromatic heterocycles. The fourth-order valence-electron chi connectivity index (χ4n) is 3.86. The molecule has 1 N–H and O–H groups in total. The van der Waals surface area contributed by atoms with Crippen molar-refractivity contribution in [3.63, 3.8) is 0 Å². The van der Waals surface area contributed by atoms with Crippen LogP contribution in [0.15, 0.2) is 60.0 Å². The molecule has 0 bridgehead atoms. The van der Waals surface area contributed by atoms with Gasteiger partial charge in [0.2, 0.25) is 5.91 Å². The number of methoxy groups -OCH3 is 1. The van der Waals surface area contributed by atoms with Crippen molar-refractivity contribution in [2.45, 2.75) is 19.4 Å². The van der Waals surface area contributed by atoms with Gasteiger partial charge < -0.3 is 10.1 Å². The van der Waals surface area contributed by atoms with Crippen LogP contribution in [0.5, 0.6) is 5.75 Å². The van der Waals surface area contributed by atoms with E-state index in [1.807, 2.05) is 42.5 Å². The number of hydrogen-bond donors (Lipinski definition) is 1. The van der Waals surface area contributed by atoms with Gasteiger partial charge in [-0.25, -0.2) is 0 Å². The number of carbonyl (C=O) groups is 1. The van der Waals surface area contributed by atoms with E-state index in [0.717, 1.165) is 24.2 Å². The summed E-state index contributed by atoms with van der Waals surface area (Å²) < 4.78 is 5.39. The summed E-state index contributed by atoms with van der Waals surface area (Å²) in [5, 5.41) is 5.19. The van der Waals surface area contributed by atoms with Crippen molar-refractivity contribution >= 4 is 22.9 Å². The van der Waals surface area contributed by atoms with E-state index in [4.69, 9.17) is 4.74 Å². The standard InChI is InChI=1S/C23H24N2O2S/c1-16-8-9-20(27-2)19(14-16)24-22(26)15-25-12-10-21-18(11-13-28-21)23(25)17-6-4-3-5-7-17/h3-9,11,13-14,23H,10,12,15H2,1-2H3,(H,24,26)/t23-/m1/s1. The van der Waals surface area contributed by atoms with Crippen LogP contribution >= 0.6 is 11.3 Å². The first kappa shape index (κ1) is 18.7. The number of hydrogen-bond acceptors (Lipinski definition) is 4. The summed E-state index contributed by atoms with van der Waals surface area (Å²) in [7, 11) is 1.62. The largest absolute Gasteiger partial charge is 0.495 e. The van der Waals surface area contributed by atoms with Gasteiger partial charge in [-0.05, 0) is 53.6 Å². The van der Waals surface area contributed by atoms with Gasteiger partial charge in [0.1, 0.15) is 5.75 Å². The number of thiophene rings is 1. The molecule has 1 amide bonds. The van der Waals surface area contributed by atoms with E-state index >= 15 is 0 Å². The van der Waals surface area contributed by atoms with Crippen LogP contribution in [0.3, 0.4) is 0 Å². The Morgan fingerprint density at radius 2 is 2.04 bits per heavy atom. The molecule has 0 saturated heterocycles. The maximum Gasteiger partial charge on any atom is 0.238 e. The predicted molar refractivity (Wildman–Crippen MR) is 114 cm³/mol. The Morgan fingerprint density at radius 3 is 2.82 bits per heavy atom. The molecule has 28 heavy (non-hydrogen) atoms. The fraction of sp³-hybridized carbons (Fsp3) is 0.261. The number of rotatable bonds is 5. The molecule has 0 radical (unpaired) electrons. The van der Waals surface area contributed by atoms with Gasteiger partial charge >= 0.3 is 0 Å². The highest BCUT2D eigenvalue weighted by atomic mass is 32.1. The van der Waals surface area contributed by atoms with Crippen LogP contribution in [0.1, 0.15) is 27.6 Å². The SMILES string of the molecule is COc1ccc(C)cc1NC(=O)CN1CCc2sccc2[C@H]1c1ccccc1. The zero-order valence-corrected chi connectivity index (χ0v) is 17.0. The van der Waals surface area contributed by atoms with Gasteiger partial charge in [-0.2, -0.15) is 0 Å². The lowest BCUT2D eigenvalue weighted by Crippen LogP contribution is -2.40. The summed E-state index contributed by atoms with van der Waals surface area (Å²) in [5.41, 5.74) is 4.35. The van der Waals surface area contributed by atoms with Crippen LogP contribution in [0.25, 0.3) is 0 Å². The maximum atomic E-state index is 12.9. The minimum Gasteiger partial charge on any atom is -0.495 e. The molecule has 0 unspecified atom stereocenters. The quantitative estimate of drug-likeness (QED) is 0.687. The van der Waals surface area contributed by atoms with Gasteiger partial charge in [-0.15, -0.1) is 11.3 Å². The van der Waals surface area contributed by atoms with Crippen LogP contribution in [0.4, 0.5) is 5.69 Å². The van der Waals surface area contributed by atoms with E-state index in [2.05, 4.69) is 45.9 Å². The van der Waals surface area contributed by atoms with Crippen LogP contribution in [0.2, 0.25) is 0 Å². The van der Waals surface area contributed by atoms with E-state index in [1.165, 1.54) is 16.0 Å². The minimum absolute atomic E-state index is 0.0245. The Labute approximate surface area is 169 Å². The molecule has 1 aliphatic rings. The molecule has 2 aromatic carbocycles. The van der Waals surface area contributed by atoms with E-state index in [9.17, 15) is 4.79 Å². The van der Waals surface area contributed by atoms with Crippen LogP contribution in [-0.2, 0) is 11.2 Å². The van der Waals surface area contributed by atoms with E-state index in [-0.39, 0.29) is 11.9 Å². The monoisotopic (exact) mass is 392 g/mol. The molecule has 1 atom stereocenters. The lowest BCUT2D eigenvalue weighted by Gasteiger charge is -2.35. The second-order valence-electron chi connectivity index (χ2n) is 7.08. The second-order valence-corrected chi connectivity index (χ2v) is 8.09. The van der Waals surface area contributed by atoms with Gasteiger partial charge in [-0.1, -0.05) is 36.4 Å². The van der Waals surface area contributed by atoms with E-state index in [0.29, 0.717) is 12.3 Å². The molecule has 0 spiro atoms. The molecule has 0 fully saturated rings. The molecule has 0 saturated carbocycles. The first-order chi connectivity index (χ1) is 13.7. The molecular formula is C23H24N2O2S. The third-order valence-corrected chi connectivity index (χ3v) is 6.15. The Hall–Kier alpha value is -2.63. The van der Waals surface area contributed by atoms with Crippen molar-refractivity contribution in [2.24, 2.45) is 0 Å². The highest BCUT2D eigenvalue weighted by Gasteiger charge is 2.30. The Kier molecular flexibility index (Phi) is 5.46. The van der Waals surface area contributed by atoms with Crippen LogP contribution in [0, 0.1) is 6.92 Å². The van der Waals surface area contributed by atoms with Crippen LogP contribution < -0.4 is 10.1 Å². The summed E-state index contributed by atoms with van der Waals surface area (Å²) in [5.74, 6) is 0.654. The summed E-state index contributed by atoms with van der Waals surface area (Å²) >= 11 is 1.81. The Balaban J connectivity index is 1.57. The Morgan fingerprint density at radius 1 is 1.21 bits per heavy atom. The summed E-state index contributed by atoms with van der Waals surface area (Å²) in [6.07, 6.45) is 0.984. The number of fused-ring (bicyclic) bond motifs is 1. The molecule has 4 rings (SSSR count). The van der Waals surface area contributed by atoms with Gasteiger partial charge in [0.25, 0.3) is 0 Å². The first-order valence-corrected chi connectivity index (χ1v) is 10.3. The highest BCUT2D eigenvalue weighted by Crippen LogP contribution is 2.37. The van der Waals surface area contributed by atoms with Gasteiger partial charge in [0, 0.05) is 11.4 Å². The number of nitrogens with one attached hydrogen (secondary N) is 1. The number of amides is 1. The second kappa shape index (κ2) is 8.17. The lowest BCUT2D eigenvalue weighted by atomic mass is 9.93. The zero-order chi connectivity index (χ0) is 19.5. The van der Waals surface area contributed by atoms with Crippen molar-refractivity contribution in [2.75, 3.05) is 25.5 Å². The normalized spacial score (nSPS) is 16.4. The molecular weight excluding hydrogens is 368 g/mol. The maximum absolute atomic E-state index is 12.9. The van der Waals surface area contributed by atoms with Crippen LogP contribution in [-0.4, -0.2) is 31.0 Å². The molecule has 4 nitrogen and oxygen atoms in total. The number of ether oxygens (including phenoxy) is 1. The van der Waals surface area contributed by atoms with Crippen molar-refractivity contribution in [1.82, 2.24) is 4.90 Å². The third kappa shape index (κ3) is 3.81. The van der Waals surface area contributed by atoms with Crippen molar-refractivity contribution in [1.29, 1.82) is 0 Å². The number of aryl methyl sites for hydroxylation is 1. The van der Waals surface area contributed by atoms with Gasteiger partial charge in [0.15, 0.2) is 0 Å². The average Bonchev–Trinajstić information content (AvgIpc) is 3.17. The third-order valence-electron chi connectivity index (χ3n) is 5.16. The summed E-state index contributed by atoms with van der Waals surface area (Å²) in [4.78, 5) is 16.6. The highest BCUT2D eigenvalue weighted by molar-refractivity contribution is 7.10. The summed E-state index contributed by atoms with van der Waals surface area (Å²) in [6.45, 7) is 3.21. The van der Waals surface area contributed by atoms with Gasteiger partial charge in [0.05, 0.1) is 25.4 Å². The Bertz CT molecular complexity index is 968.